The summed E-state index contributed by atoms with van der Waals surface area (Å²) in [7, 11) is 0. The molecule has 0 aliphatic carbocycles. The fourth-order valence-electron chi connectivity index (χ4n) is 1.92. The van der Waals surface area contributed by atoms with Crippen LogP contribution in [0.3, 0.4) is 0 Å². The maximum Gasteiger partial charge on any atom is 0.123 e. The Morgan fingerprint density at radius 1 is 1.29 bits per heavy atom. The Balaban J connectivity index is 2.17. The molecule has 0 fully saturated rings. The van der Waals surface area contributed by atoms with Crippen molar-refractivity contribution in [3.63, 3.8) is 0 Å². The van der Waals surface area contributed by atoms with Crippen molar-refractivity contribution in [1.82, 2.24) is 4.98 Å². The average molecular weight is 228 g/mol. The Bertz CT molecular complexity index is 511. The second-order valence-electron chi connectivity index (χ2n) is 4.17. The summed E-state index contributed by atoms with van der Waals surface area (Å²) in [4.78, 5) is 3.93. The number of aryl methyl sites for hydroxylation is 1. The van der Waals surface area contributed by atoms with Crippen LogP contribution >= 0.6 is 0 Å². The molecule has 3 N–H and O–H groups in total. The molecule has 1 unspecified atom stereocenters. The van der Waals surface area contributed by atoms with E-state index in [2.05, 4.69) is 4.98 Å². The van der Waals surface area contributed by atoms with Crippen molar-refractivity contribution in [3.05, 3.63) is 59.3 Å². The first-order chi connectivity index (χ1) is 8.16. The van der Waals surface area contributed by atoms with Crippen LogP contribution in [0.1, 0.15) is 22.8 Å². The van der Waals surface area contributed by atoms with Gasteiger partial charge in [-0.05, 0) is 35.7 Å². The van der Waals surface area contributed by atoms with Gasteiger partial charge in [0.25, 0.3) is 0 Å². The number of benzene rings is 1. The molecule has 88 valence electrons. The number of rotatable bonds is 3. The van der Waals surface area contributed by atoms with Gasteiger partial charge >= 0.3 is 0 Å². The van der Waals surface area contributed by atoms with Crippen molar-refractivity contribution in [2.45, 2.75) is 19.4 Å². The first kappa shape index (κ1) is 11.6. The van der Waals surface area contributed by atoms with Crippen LogP contribution in [0.4, 0.5) is 5.82 Å². The van der Waals surface area contributed by atoms with E-state index in [0.717, 1.165) is 16.7 Å². The maximum atomic E-state index is 10.2. The third-order valence-electron chi connectivity index (χ3n) is 2.82. The summed E-state index contributed by atoms with van der Waals surface area (Å²) in [6.07, 6.45) is 1.71. The molecule has 0 saturated heterocycles. The highest BCUT2D eigenvalue weighted by Gasteiger charge is 2.10. The molecule has 0 aliphatic rings. The van der Waals surface area contributed by atoms with Crippen LogP contribution in [0.2, 0.25) is 0 Å². The second-order valence-corrected chi connectivity index (χ2v) is 4.17. The van der Waals surface area contributed by atoms with Crippen LogP contribution in [-0.2, 0) is 6.42 Å². The molecule has 2 aromatic rings. The van der Waals surface area contributed by atoms with Crippen molar-refractivity contribution in [3.8, 4) is 0 Å². The van der Waals surface area contributed by atoms with Crippen LogP contribution in [-0.4, -0.2) is 10.1 Å². The molecule has 0 amide bonds. The summed E-state index contributed by atoms with van der Waals surface area (Å²) in [5.41, 5.74) is 8.66. The number of aliphatic hydroxyl groups is 1. The number of hydrogen-bond acceptors (Lipinski definition) is 3. The standard InChI is InChI=1S/C14H16N2O/c1-10-4-2-3-5-12(10)13(17)8-11-6-7-16-14(15)9-11/h2-7,9,13,17H,8H2,1H3,(H2,15,16). The zero-order chi connectivity index (χ0) is 12.3. The van der Waals surface area contributed by atoms with Gasteiger partial charge in [-0.1, -0.05) is 24.3 Å². The highest BCUT2D eigenvalue weighted by Crippen LogP contribution is 2.21. The zero-order valence-electron chi connectivity index (χ0n) is 9.80. The van der Waals surface area contributed by atoms with Gasteiger partial charge in [-0.25, -0.2) is 4.98 Å². The van der Waals surface area contributed by atoms with E-state index in [1.807, 2.05) is 37.3 Å². The topological polar surface area (TPSA) is 59.1 Å². The number of nitrogens with zero attached hydrogens (tertiary/aromatic N) is 1. The summed E-state index contributed by atoms with van der Waals surface area (Å²) >= 11 is 0. The maximum absolute atomic E-state index is 10.2. The van der Waals surface area contributed by atoms with Crippen molar-refractivity contribution >= 4 is 5.82 Å². The predicted octanol–water partition coefficient (Wildman–Crippen LogP) is 2.25. The van der Waals surface area contributed by atoms with Gasteiger partial charge in [0.2, 0.25) is 0 Å². The third kappa shape index (κ3) is 2.82. The normalized spacial score (nSPS) is 12.4. The Morgan fingerprint density at radius 2 is 2.06 bits per heavy atom. The van der Waals surface area contributed by atoms with Crippen LogP contribution < -0.4 is 5.73 Å². The highest BCUT2D eigenvalue weighted by molar-refractivity contribution is 5.34. The Labute approximate surface area is 101 Å². The van der Waals surface area contributed by atoms with Crippen LogP contribution in [0.25, 0.3) is 0 Å². The fraction of sp³-hybridized carbons (Fsp3) is 0.214. The monoisotopic (exact) mass is 228 g/mol. The van der Waals surface area contributed by atoms with Crippen molar-refractivity contribution < 1.29 is 5.11 Å². The molecule has 0 saturated carbocycles. The lowest BCUT2D eigenvalue weighted by Gasteiger charge is -2.13. The quantitative estimate of drug-likeness (QED) is 0.847. The van der Waals surface area contributed by atoms with Crippen molar-refractivity contribution in [2.75, 3.05) is 5.73 Å². The van der Waals surface area contributed by atoms with E-state index in [0.29, 0.717) is 12.2 Å². The summed E-state index contributed by atoms with van der Waals surface area (Å²) in [5.74, 6) is 0.486. The largest absolute Gasteiger partial charge is 0.388 e. The minimum absolute atomic E-state index is 0.486. The number of hydrogen-bond donors (Lipinski definition) is 2. The van der Waals surface area contributed by atoms with Gasteiger partial charge in [-0.3, -0.25) is 0 Å². The molecule has 0 aliphatic heterocycles. The van der Waals surface area contributed by atoms with Gasteiger partial charge in [0.05, 0.1) is 6.10 Å². The summed E-state index contributed by atoms with van der Waals surface area (Å²) < 4.78 is 0. The van der Waals surface area contributed by atoms with Crippen LogP contribution in [0.15, 0.2) is 42.6 Å². The number of aromatic nitrogens is 1. The Hall–Kier alpha value is -1.87. The molecule has 2 rings (SSSR count). The number of nitrogen functional groups attached to an aromatic ring is 1. The van der Waals surface area contributed by atoms with Gasteiger partial charge in [0.1, 0.15) is 5.82 Å². The molecule has 17 heavy (non-hydrogen) atoms. The predicted molar refractivity (Wildman–Crippen MR) is 68.5 cm³/mol. The number of anilines is 1. The van der Waals surface area contributed by atoms with Crippen LogP contribution in [0, 0.1) is 6.92 Å². The number of pyridine rings is 1. The number of aliphatic hydroxyl groups excluding tert-OH is 1. The minimum atomic E-state index is -0.502. The fourth-order valence-corrected chi connectivity index (χ4v) is 1.92. The molecular formula is C14H16N2O. The van der Waals surface area contributed by atoms with Gasteiger partial charge in [0, 0.05) is 12.6 Å². The van der Waals surface area contributed by atoms with E-state index in [1.165, 1.54) is 0 Å². The van der Waals surface area contributed by atoms with E-state index >= 15 is 0 Å². The summed E-state index contributed by atoms with van der Waals surface area (Å²) in [5, 5.41) is 10.2. The first-order valence-corrected chi connectivity index (χ1v) is 5.61. The number of nitrogens with two attached hydrogens (primary N) is 1. The molecule has 1 aromatic carbocycles. The molecule has 0 spiro atoms. The highest BCUT2D eigenvalue weighted by atomic mass is 16.3. The van der Waals surface area contributed by atoms with E-state index in [4.69, 9.17) is 5.73 Å². The van der Waals surface area contributed by atoms with Gasteiger partial charge < -0.3 is 10.8 Å². The van der Waals surface area contributed by atoms with Gasteiger partial charge in [-0.15, -0.1) is 0 Å². The lowest BCUT2D eigenvalue weighted by atomic mass is 9.98. The Kier molecular flexibility index (Phi) is 3.40. The van der Waals surface area contributed by atoms with E-state index in [9.17, 15) is 5.11 Å². The minimum Gasteiger partial charge on any atom is -0.388 e. The van der Waals surface area contributed by atoms with E-state index < -0.39 is 6.10 Å². The van der Waals surface area contributed by atoms with Crippen molar-refractivity contribution in [1.29, 1.82) is 0 Å². The average Bonchev–Trinajstić information content (AvgIpc) is 2.29. The van der Waals surface area contributed by atoms with Gasteiger partial charge in [0.15, 0.2) is 0 Å². The van der Waals surface area contributed by atoms with Gasteiger partial charge in [-0.2, -0.15) is 0 Å². The van der Waals surface area contributed by atoms with Crippen LogP contribution in [0.5, 0.6) is 0 Å². The Morgan fingerprint density at radius 3 is 2.76 bits per heavy atom. The summed E-state index contributed by atoms with van der Waals surface area (Å²) in [6, 6.07) is 11.5. The third-order valence-corrected chi connectivity index (χ3v) is 2.82. The molecule has 1 aromatic heterocycles. The second kappa shape index (κ2) is 4.97. The zero-order valence-corrected chi connectivity index (χ0v) is 9.80. The van der Waals surface area contributed by atoms with Crippen molar-refractivity contribution in [2.24, 2.45) is 0 Å². The molecular weight excluding hydrogens is 212 g/mol. The summed E-state index contributed by atoms with van der Waals surface area (Å²) in [6.45, 7) is 2.00. The first-order valence-electron chi connectivity index (χ1n) is 5.61. The lowest BCUT2D eigenvalue weighted by molar-refractivity contribution is 0.177. The molecule has 0 radical (unpaired) electrons. The smallest absolute Gasteiger partial charge is 0.123 e. The molecule has 0 bridgehead atoms. The molecule has 1 atom stereocenters. The SMILES string of the molecule is Cc1ccccc1C(O)Cc1ccnc(N)c1. The molecule has 3 nitrogen and oxygen atoms in total. The van der Waals surface area contributed by atoms with E-state index in [1.54, 1.807) is 12.3 Å². The molecule has 1 heterocycles. The lowest BCUT2D eigenvalue weighted by Crippen LogP contribution is -2.04. The molecule has 3 heteroatoms. The van der Waals surface area contributed by atoms with E-state index in [-0.39, 0.29) is 0 Å².